The number of hydrogen-bond acceptors (Lipinski definition) is 3. The molecule has 4 N–H and O–H groups in total. The molecule has 20 heavy (non-hydrogen) atoms. The highest BCUT2D eigenvalue weighted by Gasteiger charge is 2.41. The van der Waals surface area contributed by atoms with Crippen LogP contribution in [0.3, 0.4) is 0 Å². The van der Waals surface area contributed by atoms with E-state index >= 15 is 0 Å². The number of carbonyl (C=O) groups is 2. The van der Waals surface area contributed by atoms with Crippen LogP contribution < -0.4 is 11.1 Å². The molecule has 1 aliphatic heterocycles. The molecule has 1 heterocycles. The van der Waals surface area contributed by atoms with Crippen LogP contribution in [-0.2, 0) is 4.79 Å². The molecule has 114 valence electrons. The van der Waals surface area contributed by atoms with Crippen molar-refractivity contribution in [2.75, 3.05) is 13.1 Å². The number of likely N-dealkylation sites (tertiary alicyclic amines) is 1. The molecule has 6 nitrogen and oxygen atoms in total. The van der Waals surface area contributed by atoms with Gasteiger partial charge in [-0.05, 0) is 25.7 Å². The molecule has 0 aromatic carbocycles. The monoisotopic (exact) mass is 283 g/mol. The summed E-state index contributed by atoms with van der Waals surface area (Å²) in [5.41, 5.74) is 4.75. The Bertz CT molecular complexity index is 357. The lowest BCUT2D eigenvalue weighted by molar-refractivity contribution is -0.145. The van der Waals surface area contributed by atoms with Gasteiger partial charge in [-0.1, -0.05) is 25.7 Å². The van der Waals surface area contributed by atoms with E-state index in [4.69, 9.17) is 5.73 Å². The van der Waals surface area contributed by atoms with Crippen LogP contribution in [0, 0.1) is 0 Å². The Morgan fingerprint density at radius 2 is 1.65 bits per heavy atom. The number of rotatable bonds is 2. The molecule has 2 amide bonds. The minimum Gasteiger partial charge on any atom is -0.480 e. The summed E-state index contributed by atoms with van der Waals surface area (Å²) < 4.78 is 0. The van der Waals surface area contributed by atoms with Gasteiger partial charge < -0.3 is 21.1 Å². The Morgan fingerprint density at radius 3 is 2.15 bits per heavy atom. The maximum Gasteiger partial charge on any atom is 0.329 e. The fraction of sp³-hybridized carbons (Fsp3) is 0.857. The molecule has 0 aromatic rings. The first-order valence-electron chi connectivity index (χ1n) is 7.59. The van der Waals surface area contributed by atoms with Crippen LogP contribution in [0.15, 0.2) is 0 Å². The molecule has 0 aromatic heterocycles. The molecule has 0 unspecified atom stereocenters. The lowest BCUT2D eigenvalue weighted by atomic mass is 9.90. The second kappa shape index (κ2) is 6.43. The van der Waals surface area contributed by atoms with Gasteiger partial charge in [0.2, 0.25) is 0 Å². The zero-order valence-electron chi connectivity index (χ0n) is 11.9. The summed E-state index contributed by atoms with van der Waals surface area (Å²) in [6.07, 6.45) is 6.44. The van der Waals surface area contributed by atoms with E-state index in [0.717, 1.165) is 38.5 Å². The lowest BCUT2D eigenvalue weighted by Gasteiger charge is -2.35. The lowest BCUT2D eigenvalue weighted by Crippen LogP contribution is -2.59. The number of carboxylic acid groups (broad SMARTS) is 1. The van der Waals surface area contributed by atoms with Gasteiger partial charge in [0.05, 0.1) is 0 Å². The Balaban J connectivity index is 2.00. The number of hydrogen-bond donors (Lipinski definition) is 3. The first-order chi connectivity index (χ1) is 9.53. The summed E-state index contributed by atoms with van der Waals surface area (Å²) in [5.74, 6) is -0.901. The Kier molecular flexibility index (Phi) is 4.86. The van der Waals surface area contributed by atoms with Crippen molar-refractivity contribution in [2.45, 2.75) is 62.9 Å². The number of carboxylic acids is 1. The van der Waals surface area contributed by atoms with Crippen molar-refractivity contribution in [2.24, 2.45) is 5.73 Å². The minimum absolute atomic E-state index is 0.158. The van der Waals surface area contributed by atoms with Crippen LogP contribution in [0.25, 0.3) is 0 Å². The third kappa shape index (κ3) is 3.42. The molecule has 2 aliphatic rings. The Hall–Kier alpha value is -1.30. The molecular formula is C14H25N3O3. The van der Waals surface area contributed by atoms with Crippen LogP contribution in [0.4, 0.5) is 4.79 Å². The molecule has 2 fully saturated rings. The van der Waals surface area contributed by atoms with Crippen molar-refractivity contribution in [3.63, 3.8) is 0 Å². The average molecular weight is 283 g/mol. The van der Waals surface area contributed by atoms with Gasteiger partial charge in [-0.3, -0.25) is 0 Å². The third-order valence-electron chi connectivity index (χ3n) is 4.54. The highest BCUT2D eigenvalue weighted by molar-refractivity contribution is 5.86. The average Bonchev–Trinajstić information content (AvgIpc) is 2.66. The third-order valence-corrected chi connectivity index (χ3v) is 4.54. The SMILES string of the molecule is NC1CCN(C(=O)NC2(C(=O)O)CCCCCC2)CC1. The Morgan fingerprint density at radius 1 is 1.10 bits per heavy atom. The molecule has 1 saturated carbocycles. The summed E-state index contributed by atoms with van der Waals surface area (Å²) in [7, 11) is 0. The number of amides is 2. The van der Waals surface area contributed by atoms with Crippen molar-refractivity contribution >= 4 is 12.0 Å². The maximum absolute atomic E-state index is 12.3. The first kappa shape index (κ1) is 15.1. The second-order valence-corrected chi connectivity index (χ2v) is 6.06. The number of piperidine rings is 1. The van der Waals surface area contributed by atoms with E-state index in [1.54, 1.807) is 4.90 Å². The van der Waals surface area contributed by atoms with Gasteiger partial charge in [0.25, 0.3) is 0 Å². The highest BCUT2D eigenvalue weighted by atomic mass is 16.4. The van der Waals surface area contributed by atoms with Crippen molar-refractivity contribution in [3.05, 3.63) is 0 Å². The van der Waals surface area contributed by atoms with Gasteiger partial charge in [0.15, 0.2) is 0 Å². The molecule has 1 saturated heterocycles. The van der Waals surface area contributed by atoms with Crippen LogP contribution in [0.2, 0.25) is 0 Å². The van der Waals surface area contributed by atoms with E-state index in [-0.39, 0.29) is 12.1 Å². The van der Waals surface area contributed by atoms with Gasteiger partial charge in [0.1, 0.15) is 5.54 Å². The summed E-state index contributed by atoms with van der Waals surface area (Å²) >= 11 is 0. The number of aliphatic carboxylic acids is 1. The van der Waals surface area contributed by atoms with Gasteiger partial charge in [-0.25, -0.2) is 9.59 Å². The number of nitrogens with one attached hydrogen (secondary N) is 1. The van der Waals surface area contributed by atoms with Crippen LogP contribution in [0.1, 0.15) is 51.4 Å². The normalized spacial score (nSPS) is 23.9. The second-order valence-electron chi connectivity index (χ2n) is 6.06. The number of carbonyl (C=O) groups excluding carboxylic acids is 1. The van der Waals surface area contributed by atoms with Gasteiger partial charge >= 0.3 is 12.0 Å². The van der Waals surface area contributed by atoms with Gasteiger partial charge in [-0.2, -0.15) is 0 Å². The fourth-order valence-electron chi connectivity index (χ4n) is 3.11. The van der Waals surface area contributed by atoms with E-state index < -0.39 is 11.5 Å². The molecule has 6 heteroatoms. The van der Waals surface area contributed by atoms with Crippen molar-refractivity contribution in [1.82, 2.24) is 10.2 Å². The van der Waals surface area contributed by atoms with Crippen molar-refractivity contribution < 1.29 is 14.7 Å². The van der Waals surface area contributed by atoms with Gasteiger partial charge in [0, 0.05) is 19.1 Å². The summed E-state index contributed by atoms with van der Waals surface area (Å²) in [6.45, 7) is 1.23. The molecule has 0 atom stereocenters. The molecular weight excluding hydrogens is 258 g/mol. The quantitative estimate of drug-likeness (QED) is 0.665. The number of nitrogens with two attached hydrogens (primary N) is 1. The first-order valence-corrected chi connectivity index (χ1v) is 7.59. The zero-order chi connectivity index (χ0) is 14.6. The highest BCUT2D eigenvalue weighted by Crippen LogP contribution is 2.28. The number of urea groups is 1. The molecule has 0 spiro atoms. The topological polar surface area (TPSA) is 95.7 Å². The van der Waals surface area contributed by atoms with E-state index in [0.29, 0.717) is 25.9 Å². The Labute approximate surface area is 119 Å². The van der Waals surface area contributed by atoms with Crippen molar-refractivity contribution in [1.29, 1.82) is 0 Å². The molecule has 1 aliphatic carbocycles. The minimum atomic E-state index is -1.08. The summed E-state index contributed by atoms with van der Waals surface area (Å²) in [4.78, 5) is 25.6. The zero-order valence-corrected chi connectivity index (χ0v) is 11.9. The van der Waals surface area contributed by atoms with Crippen LogP contribution in [0.5, 0.6) is 0 Å². The van der Waals surface area contributed by atoms with Crippen LogP contribution >= 0.6 is 0 Å². The largest absolute Gasteiger partial charge is 0.480 e. The summed E-state index contributed by atoms with van der Waals surface area (Å²) in [6, 6.07) is -0.0911. The molecule has 2 rings (SSSR count). The van der Waals surface area contributed by atoms with E-state index in [1.165, 1.54) is 0 Å². The van der Waals surface area contributed by atoms with E-state index in [2.05, 4.69) is 5.32 Å². The van der Waals surface area contributed by atoms with E-state index in [9.17, 15) is 14.7 Å². The smallest absolute Gasteiger partial charge is 0.329 e. The standard InChI is InChI=1S/C14H25N3O3/c15-11-5-9-17(10-6-11)13(20)16-14(12(18)19)7-3-1-2-4-8-14/h11H,1-10,15H2,(H,16,20)(H,18,19). The van der Waals surface area contributed by atoms with Gasteiger partial charge in [-0.15, -0.1) is 0 Å². The van der Waals surface area contributed by atoms with Crippen LogP contribution in [-0.4, -0.2) is 46.7 Å². The predicted octanol–water partition coefficient (Wildman–Crippen LogP) is 1.30. The molecule has 0 radical (unpaired) electrons. The molecule has 0 bridgehead atoms. The number of nitrogens with zero attached hydrogens (tertiary/aromatic N) is 1. The maximum atomic E-state index is 12.3. The summed E-state index contributed by atoms with van der Waals surface area (Å²) in [5, 5.41) is 12.4. The predicted molar refractivity (Wildman–Crippen MR) is 75.4 cm³/mol. The fourth-order valence-corrected chi connectivity index (χ4v) is 3.11. The van der Waals surface area contributed by atoms with Crippen molar-refractivity contribution in [3.8, 4) is 0 Å². The van der Waals surface area contributed by atoms with E-state index in [1.807, 2.05) is 0 Å².